The van der Waals surface area contributed by atoms with Crippen molar-refractivity contribution < 1.29 is 4.79 Å². The molecule has 1 aliphatic heterocycles. The summed E-state index contributed by atoms with van der Waals surface area (Å²) in [5, 5.41) is 2.91. The van der Waals surface area contributed by atoms with Crippen LogP contribution in [0.25, 0.3) is 11.0 Å². The molecule has 1 amide bonds. The van der Waals surface area contributed by atoms with Gasteiger partial charge < -0.3 is 15.1 Å². The van der Waals surface area contributed by atoms with Crippen LogP contribution < -0.4 is 15.9 Å². The van der Waals surface area contributed by atoms with Crippen LogP contribution in [0.1, 0.15) is 19.4 Å². The maximum absolute atomic E-state index is 12.7. The van der Waals surface area contributed by atoms with Crippen LogP contribution in [0.2, 0.25) is 0 Å². The van der Waals surface area contributed by atoms with E-state index in [9.17, 15) is 9.59 Å². The number of carbonyl (C=O) groups excluding carboxylic acids is 1. The molecule has 1 aliphatic rings. The van der Waals surface area contributed by atoms with E-state index in [1.165, 1.54) is 4.57 Å². The average molecular weight is 423 g/mol. The molecule has 4 rings (SSSR count). The largest absolute Gasteiger partial charge is 0.354 e. The summed E-state index contributed by atoms with van der Waals surface area (Å²) >= 11 is 0. The predicted octanol–water partition coefficient (Wildman–Crippen LogP) is 1.68. The molecule has 0 bridgehead atoms. The number of fused-ring (bicyclic) bond motifs is 1. The number of para-hydroxylation sites is 2. The lowest BCUT2D eigenvalue weighted by molar-refractivity contribution is -0.121. The fraction of sp³-hybridized carbons (Fsp3) is 0.435. The molecule has 0 atom stereocenters. The number of anilines is 1. The molecular formula is C23H30N6O2. The van der Waals surface area contributed by atoms with Gasteiger partial charge in [-0.2, -0.15) is 0 Å². The van der Waals surface area contributed by atoms with E-state index in [0.29, 0.717) is 13.1 Å². The number of aryl methyl sites for hydroxylation is 1. The minimum absolute atomic E-state index is 0.000431. The van der Waals surface area contributed by atoms with E-state index in [1.54, 1.807) is 4.57 Å². The number of likely N-dealkylation sites (N-methyl/N-ethyl adjacent to an activating group) is 1. The quantitative estimate of drug-likeness (QED) is 0.627. The van der Waals surface area contributed by atoms with Gasteiger partial charge in [-0.15, -0.1) is 0 Å². The van der Waals surface area contributed by atoms with Crippen molar-refractivity contribution >= 4 is 22.8 Å². The summed E-state index contributed by atoms with van der Waals surface area (Å²) in [6.45, 7) is 10.2. The fourth-order valence-electron chi connectivity index (χ4n) is 4.13. The molecule has 0 radical (unpaired) electrons. The first-order valence-electron chi connectivity index (χ1n) is 11.0. The second kappa shape index (κ2) is 9.34. The van der Waals surface area contributed by atoms with Gasteiger partial charge in [-0.1, -0.05) is 25.1 Å². The highest BCUT2D eigenvalue weighted by Gasteiger charge is 2.17. The van der Waals surface area contributed by atoms with Crippen LogP contribution in [-0.2, 0) is 24.4 Å². The van der Waals surface area contributed by atoms with E-state index in [4.69, 9.17) is 0 Å². The third kappa shape index (κ3) is 4.49. The zero-order chi connectivity index (χ0) is 21.8. The van der Waals surface area contributed by atoms with E-state index in [2.05, 4.69) is 27.0 Å². The molecule has 1 fully saturated rings. The molecule has 2 aromatic heterocycles. The van der Waals surface area contributed by atoms with Crippen molar-refractivity contribution in [2.75, 3.05) is 37.6 Å². The third-order valence-electron chi connectivity index (χ3n) is 5.99. The lowest BCUT2D eigenvalue weighted by Crippen LogP contribution is -2.46. The Morgan fingerprint density at radius 2 is 1.68 bits per heavy atom. The summed E-state index contributed by atoms with van der Waals surface area (Å²) < 4.78 is 3.22. The van der Waals surface area contributed by atoms with Crippen molar-refractivity contribution in [3.63, 3.8) is 0 Å². The first-order chi connectivity index (χ1) is 15.1. The number of imidazole rings is 1. The van der Waals surface area contributed by atoms with Gasteiger partial charge in [0.25, 0.3) is 0 Å². The smallest absolute Gasteiger partial charge is 0.329 e. The van der Waals surface area contributed by atoms with Crippen LogP contribution in [-0.4, -0.2) is 57.6 Å². The molecule has 0 aliphatic carbocycles. The zero-order valence-corrected chi connectivity index (χ0v) is 18.3. The lowest BCUT2D eigenvalue weighted by Gasteiger charge is -2.34. The number of hydrogen-bond acceptors (Lipinski definition) is 5. The number of amides is 1. The molecule has 1 aromatic carbocycles. The zero-order valence-electron chi connectivity index (χ0n) is 18.3. The monoisotopic (exact) mass is 422 g/mol. The van der Waals surface area contributed by atoms with Crippen molar-refractivity contribution in [3.8, 4) is 0 Å². The standard InChI is InChI=1S/C23H30N6O2/c1-3-26-11-13-27(14-12-26)21-10-9-18(15-24-21)16-25-22(30)17-29-20-8-6-5-7-19(20)28(4-2)23(29)31/h5-10,15H,3-4,11-14,16-17H2,1-2H3,(H,25,30). The van der Waals surface area contributed by atoms with Crippen LogP contribution in [0.4, 0.5) is 5.82 Å². The third-order valence-corrected chi connectivity index (χ3v) is 5.99. The number of carbonyl (C=O) groups is 1. The van der Waals surface area contributed by atoms with Gasteiger partial charge in [-0.05, 0) is 37.2 Å². The van der Waals surface area contributed by atoms with Gasteiger partial charge in [0, 0.05) is 45.5 Å². The Bertz CT molecular complexity index is 1090. The van der Waals surface area contributed by atoms with Gasteiger partial charge in [-0.25, -0.2) is 9.78 Å². The number of pyridine rings is 1. The molecule has 3 aromatic rings. The normalized spacial score (nSPS) is 14.8. The summed E-state index contributed by atoms with van der Waals surface area (Å²) in [6, 6.07) is 11.6. The molecule has 0 saturated carbocycles. The van der Waals surface area contributed by atoms with Gasteiger partial charge >= 0.3 is 5.69 Å². The van der Waals surface area contributed by atoms with Gasteiger partial charge in [0.15, 0.2) is 0 Å². The van der Waals surface area contributed by atoms with Crippen LogP contribution >= 0.6 is 0 Å². The minimum Gasteiger partial charge on any atom is -0.354 e. The van der Waals surface area contributed by atoms with Crippen molar-refractivity contribution in [2.24, 2.45) is 0 Å². The number of piperazine rings is 1. The van der Waals surface area contributed by atoms with Crippen LogP contribution in [0, 0.1) is 0 Å². The molecule has 0 spiro atoms. The Morgan fingerprint density at radius 3 is 2.29 bits per heavy atom. The van der Waals surface area contributed by atoms with E-state index in [0.717, 1.165) is 55.1 Å². The number of hydrogen-bond donors (Lipinski definition) is 1. The highest BCUT2D eigenvalue weighted by molar-refractivity contribution is 5.80. The Morgan fingerprint density at radius 1 is 0.968 bits per heavy atom. The molecular weight excluding hydrogens is 392 g/mol. The van der Waals surface area contributed by atoms with Gasteiger partial charge in [0.05, 0.1) is 11.0 Å². The maximum Gasteiger partial charge on any atom is 0.329 e. The van der Waals surface area contributed by atoms with Crippen LogP contribution in [0.3, 0.4) is 0 Å². The second-order valence-corrected chi connectivity index (χ2v) is 7.82. The molecule has 1 N–H and O–H groups in total. The summed E-state index contributed by atoms with van der Waals surface area (Å²) in [5.74, 6) is 0.783. The predicted molar refractivity (Wildman–Crippen MR) is 122 cm³/mol. The Kier molecular flexibility index (Phi) is 6.36. The topological polar surface area (TPSA) is 75.4 Å². The van der Waals surface area contributed by atoms with Gasteiger partial charge in [-0.3, -0.25) is 13.9 Å². The first kappa shape index (κ1) is 21.1. The van der Waals surface area contributed by atoms with Crippen LogP contribution in [0.15, 0.2) is 47.4 Å². The summed E-state index contributed by atoms with van der Waals surface area (Å²) in [4.78, 5) is 34.5. The molecule has 3 heterocycles. The summed E-state index contributed by atoms with van der Waals surface area (Å²) in [5.41, 5.74) is 2.40. The summed E-state index contributed by atoms with van der Waals surface area (Å²) in [6.07, 6.45) is 1.82. The molecule has 1 saturated heterocycles. The Labute approximate surface area is 182 Å². The van der Waals surface area contributed by atoms with E-state index < -0.39 is 0 Å². The minimum atomic E-state index is -0.194. The van der Waals surface area contributed by atoms with Crippen molar-refractivity contribution in [3.05, 3.63) is 58.6 Å². The van der Waals surface area contributed by atoms with E-state index >= 15 is 0 Å². The first-order valence-corrected chi connectivity index (χ1v) is 11.0. The van der Waals surface area contributed by atoms with Gasteiger partial charge in [0.2, 0.25) is 5.91 Å². The Hall–Kier alpha value is -3.13. The van der Waals surface area contributed by atoms with Crippen molar-refractivity contribution in [2.45, 2.75) is 33.5 Å². The fourth-order valence-corrected chi connectivity index (χ4v) is 4.13. The Balaban J connectivity index is 1.36. The van der Waals surface area contributed by atoms with Crippen molar-refractivity contribution in [1.29, 1.82) is 0 Å². The number of aromatic nitrogens is 3. The second-order valence-electron chi connectivity index (χ2n) is 7.82. The highest BCUT2D eigenvalue weighted by Crippen LogP contribution is 2.15. The SMILES string of the molecule is CCN1CCN(c2ccc(CNC(=O)Cn3c(=O)n(CC)c4ccccc43)cn2)CC1. The average Bonchev–Trinajstić information content (AvgIpc) is 3.08. The van der Waals surface area contributed by atoms with Gasteiger partial charge in [0.1, 0.15) is 12.4 Å². The number of nitrogens with one attached hydrogen (secondary N) is 1. The molecule has 8 nitrogen and oxygen atoms in total. The van der Waals surface area contributed by atoms with E-state index in [-0.39, 0.29) is 18.1 Å². The van der Waals surface area contributed by atoms with Crippen molar-refractivity contribution in [1.82, 2.24) is 24.3 Å². The maximum atomic E-state index is 12.7. The highest BCUT2D eigenvalue weighted by atomic mass is 16.2. The molecule has 31 heavy (non-hydrogen) atoms. The number of benzene rings is 1. The number of nitrogens with zero attached hydrogens (tertiary/aromatic N) is 5. The van der Waals surface area contributed by atoms with E-state index in [1.807, 2.05) is 49.5 Å². The summed E-state index contributed by atoms with van der Waals surface area (Å²) in [7, 11) is 0. The molecule has 0 unspecified atom stereocenters. The number of rotatable bonds is 7. The lowest BCUT2D eigenvalue weighted by atomic mass is 10.2. The molecule has 8 heteroatoms. The van der Waals surface area contributed by atoms with Crippen LogP contribution in [0.5, 0.6) is 0 Å². The molecule has 164 valence electrons.